The Hall–Kier alpha value is -3.08. The third-order valence-corrected chi connectivity index (χ3v) is 4.64. The standard InChI is InChI=1S/C21H22N2O3/c1-13-6-7-18-17(12-26-20(18)14(13)2)11-19(24)23-9-8-15-4-3-5-16(10-15)21(22)25/h3-7,10,12H,8-9,11H2,1-2H3,(H2,22,25)(H,23,24). The van der Waals surface area contributed by atoms with Crippen LogP contribution in [0.2, 0.25) is 0 Å². The summed E-state index contributed by atoms with van der Waals surface area (Å²) in [5, 5.41) is 3.90. The van der Waals surface area contributed by atoms with Gasteiger partial charge in [-0.15, -0.1) is 0 Å². The fourth-order valence-electron chi connectivity index (χ4n) is 2.99. The lowest BCUT2D eigenvalue weighted by molar-refractivity contribution is -0.120. The fraction of sp³-hybridized carbons (Fsp3) is 0.238. The number of carbonyl (C=O) groups excluding carboxylic acids is 2. The van der Waals surface area contributed by atoms with Crippen LogP contribution in [0.5, 0.6) is 0 Å². The van der Waals surface area contributed by atoms with Crippen molar-refractivity contribution < 1.29 is 14.0 Å². The van der Waals surface area contributed by atoms with E-state index >= 15 is 0 Å². The highest BCUT2D eigenvalue weighted by Gasteiger charge is 2.12. The first-order valence-electron chi connectivity index (χ1n) is 8.57. The smallest absolute Gasteiger partial charge is 0.248 e. The van der Waals surface area contributed by atoms with E-state index in [1.54, 1.807) is 24.5 Å². The van der Waals surface area contributed by atoms with Crippen LogP contribution in [0.4, 0.5) is 0 Å². The Labute approximate surface area is 152 Å². The third kappa shape index (κ3) is 3.77. The molecule has 0 saturated carbocycles. The maximum Gasteiger partial charge on any atom is 0.248 e. The van der Waals surface area contributed by atoms with Gasteiger partial charge < -0.3 is 15.5 Å². The molecule has 5 nitrogen and oxygen atoms in total. The van der Waals surface area contributed by atoms with Crippen LogP contribution in [-0.2, 0) is 17.6 Å². The summed E-state index contributed by atoms with van der Waals surface area (Å²) >= 11 is 0. The second-order valence-electron chi connectivity index (χ2n) is 6.49. The molecular formula is C21H22N2O3. The average Bonchev–Trinajstić information content (AvgIpc) is 3.02. The van der Waals surface area contributed by atoms with E-state index in [1.165, 1.54) is 5.56 Å². The second kappa shape index (κ2) is 7.44. The molecule has 0 fully saturated rings. The molecule has 134 valence electrons. The Kier molecular flexibility index (Phi) is 5.07. The van der Waals surface area contributed by atoms with E-state index in [2.05, 4.69) is 5.32 Å². The lowest BCUT2D eigenvalue weighted by atomic mass is 10.0. The van der Waals surface area contributed by atoms with Crippen molar-refractivity contribution in [3.63, 3.8) is 0 Å². The first-order valence-corrected chi connectivity index (χ1v) is 8.57. The maximum atomic E-state index is 12.2. The topological polar surface area (TPSA) is 85.3 Å². The van der Waals surface area contributed by atoms with E-state index in [1.807, 2.05) is 32.0 Å². The number of rotatable bonds is 6. The molecule has 2 aromatic carbocycles. The molecule has 3 aromatic rings. The molecule has 0 aliphatic carbocycles. The summed E-state index contributed by atoms with van der Waals surface area (Å²) in [4.78, 5) is 23.5. The molecule has 1 heterocycles. The lowest BCUT2D eigenvalue weighted by Gasteiger charge is -2.06. The Balaban J connectivity index is 1.59. The molecule has 0 bridgehead atoms. The summed E-state index contributed by atoms with van der Waals surface area (Å²) in [5.74, 6) is -0.509. The van der Waals surface area contributed by atoms with Crippen LogP contribution >= 0.6 is 0 Å². The highest BCUT2D eigenvalue weighted by atomic mass is 16.3. The Morgan fingerprint density at radius 3 is 2.73 bits per heavy atom. The fourth-order valence-corrected chi connectivity index (χ4v) is 2.99. The molecule has 0 saturated heterocycles. The zero-order valence-corrected chi connectivity index (χ0v) is 15.0. The van der Waals surface area contributed by atoms with Crippen molar-refractivity contribution in [1.29, 1.82) is 0 Å². The van der Waals surface area contributed by atoms with Gasteiger partial charge in [-0.3, -0.25) is 9.59 Å². The summed E-state index contributed by atoms with van der Waals surface area (Å²) in [6, 6.07) is 11.2. The summed E-state index contributed by atoms with van der Waals surface area (Å²) < 4.78 is 5.65. The van der Waals surface area contributed by atoms with E-state index < -0.39 is 5.91 Å². The number of fused-ring (bicyclic) bond motifs is 1. The minimum Gasteiger partial charge on any atom is -0.464 e. The SMILES string of the molecule is Cc1ccc2c(CC(=O)NCCc3cccc(C(N)=O)c3)coc2c1C. The number of hydrogen-bond donors (Lipinski definition) is 2. The van der Waals surface area contributed by atoms with Crippen LogP contribution in [0.25, 0.3) is 11.0 Å². The van der Waals surface area contributed by atoms with Crippen LogP contribution < -0.4 is 11.1 Å². The second-order valence-corrected chi connectivity index (χ2v) is 6.49. The molecule has 1 aromatic heterocycles. The maximum absolute atomic E-state index is 12.2. The molecular weight excluding hydrogens is 328 g/mol. The van der Waals surface area contributed by atoms with Gasteiger partial charge in [0.25, 0.3) is 0 Å². The highest BCUT2D eigenvalue weighted by Crippen LogP contribution is 2.26. The first-order chi connectivity index (χ1) is 12.5. The molecule has 0 aliphatic heterocycles. The van der Waals surface area contributed by atoms with Gasteiger partial charge in [0.2, 0.25) is 11.8 Å². The lowest BCUT2D eigenvalue weighted by Crippen LogP contribution is -2.27. The van der Waals surface area contributed by atoms with Crippen molar-refractivity contribution in [2.75, 3.05) is 6.54 Å². The Morgan fingerprint density at radius 2 is 1.96 bits per heavy atom. The zero-order valence-electron chi connectivity index (χ0n) is 15.0. The van der Waals surface area contributed by atoms with Gasteiger partial charge >= 0.3 is 0 Å². The van der Waals surface area contributed by atoms with Gasteiger partial charge in [-0.05, 0) is 49.1 Å². The van der Waals surface area contributed by atoms with Gasteiger partial charge in [0.05, 0.1) is 12.7 Å². The number of hydrogen-bond acceptors (Lipinski definition) is 3. The van der Waals surface area contributed by atoms with Gasteiger partial charge in [0.1, 0.15) is 5.58 Å². The Morgan fingerprint density at radius 1 is 1.15 bits per heavy atom. The monoisotopic (exact) mass is 350 g/mol. The highest BCUT2D eigenvalue weighted by molar-refractivity contribution is 5.93. The van der Waals surface area contributed by atoms with Crippen LogP contribution in [-0.4, -0.2) is 18.4 Å². The van der Waals surface area contributed by atoms with Gasteiger partial charge in [0, 0.05) is 23.1 Å². The van der Waals surface area contributed by atoms with Crippen LogP contribution in [0.1, 0.15) is 32.6 Å². The first kappa shape index (κ1) is 17.7. The van der Waals surface area contributed by atoms with Gasteiger partial charge in [-0.1, -0.05) is 24.3 Å². The number of amides is 2. The molecule has 3 N–H and O–H groups in total. The number of carbonyl (C=O) groups is 2. The van der Waals surface area contributed by atoms with E-state index in [4.69, 9.17) is 10.2 Å². The van der Waals surface area contributed by atoms with Crippen LogP contribution in [0.15, 0.2) is 47.1 Å². The number of aryl methyl sites for hydroxylation is 2. The number of nitrogens with one attached hydrogen (secondary N) is 1. The van der Waals surface area contributed by atoms with Crippen molar-refractivity contribution in [3.05, 3.63) is 70.5 Å². The molecule has 3 rings (SSSR count). The molecule has 0 radical (unpaired) electrons. The summed E-state index contributed by atoms with van der Waals surface area (Å²) in [6.07, 6.45) is 2.57. The van der Waals surface area contributed by atoms with Gasteiger partial charge in [-0.2, -0.15) is 0 Å². The van der Waals surface area contributed by atoms with E-state index in [-0.39, 0.29) is 12.3 Å². The van der Waals surface area contributed by atoms with Crippen molar-refractivity contribution in [2.45, 2.75) is 26.7 Å². The van der Waals surface area contributed by atoms with Gasteiger partial charge in [0.15, 0.2) is 0 Å². The Bertz CT molecular complexity index is 973. The average molecular weight is 350 g/mol. The van der Waals surface area contributed by atoms with Crippen molar-refractivity contribution in [2.24, 2.45) is 5.73 Å². The number of primary amides is 1. The number of nitrogens with two attached hydrogens (primary N) is 1. The van der Waals surface area contributed by atoms with Crippen LogP contribution in [0.3, 0.4) is 0 Å². The van der Waals surface area contributed by atoms with Gasteiger partial charge in [-0.25, -0.2) is 0 Å². The van der Waals surface area contributed by atoms with E-state index in [0.717, 1.165) is 27.7 Å². The predicted molar refractivity (Wildman–Crippen MR) is 101 cm³/mol. The molecule has 0 atom stereocenters. The zero-order chi connectivity index (χ0) is 18.7. The van der Waals surface area contributed by atoms with Crippen molar-refractivity contribution >= 4 is 22.8 Å². The van der Waals surface area contributed by atoms with Crippen LogP contribution in [0, 0.1) is 13.8 Å². The molecule has 0 aliphatic rings. The molecule has 0 spiro atoms. The van der Waals surface area contributed by atoms with Crippen molar-refractivity contribution in [1.82, 2.24) is 5.32 Å². The van der Waals surface area contributed by atoms with E-state index in [9.17, 15) is 9.59 Å². The predicted octanol–water partition coefficient (Wildman–Crippen LogP) is 3.05. The van der Waals surface area contributed by atoms with Crippen molar-refractivity contribution in [3.8, 4) is 0 Å². The quantitative estimate of drug-likeness (QED) is 0.716. The molecule has 26 heavy (non-hydrogen) atoms. The normalized spacial score (nSPS) is 10.8. The summed E-state index contributed by atoms with van der Waals surface area (Å²) in [5.41, 5.74) is 10.7. The minimum absolute atomic E-state index is 0.0583. The molecule has 0 unspecified atom stereocenters. The largest absolute Gasteiger partial charge is 0.464 e. The molecule has 2 amide bonds. The number of furan rings is 1. The summed E-state index contributed by atoms with van der Waals surface area (Å²) in [6.45, 7) is 4.55. The number of benzene rings is 2. The summed E-state index contributed by atoms with van der Waals surface area (Å²) in [7, 11) is 0. The molecule has 5 heteroatoms. The third-order valence-electron chi connectivity index (χ3n) is 4.64. The minimum atomic E-state index is -0.451. The van der Waals surface area contributed by atoms with E-state index in [0.29, 0.717) is 18.5 Å².